The molecule has 2 aliphatic heterocycles. The summed E-state index contributed by atoms with van der Waals surface area (Å²) in [7, 11) is 0.958. The first kappa shape index (κ1) is 26.4. The van der Waals surface area contributed by atoms with Gasteiger partial charge in [0.25, 0.3) is 0 Å². The molecule has 2 aliphatic rings. The zero-order valence-corrected chi connectivity index (χ0v) is 22.2. The minimum Gasteiger partial charge on any atom is -0.465 e. The largest absolute Gasteiger partial charge is 0.494 e. The van der Waals surface area contributed by atoms with Crippen LogP contribution in [0.15, 0.2) is 48.5 Å². The number of benzene rings is 2. The third-order valence-corrected chi connectivity index (χ3v) is 7.72. The summed E-state index contributed by atoms with van der Waals surface area (Å²) in [5.41, 5.74) is 2.79. The number of carbonyl (C=O) groups is 2. The summed E-state index contributed by atoms with van der Waals surface area (Å²) >= 11 is 0. The Morgan fingerprint density at radius 3 is 2.42 bits per heavy atom. The Labute approximate surface area is 214 Å². The fourth-order valence-electron chi connectivity index (χ4n) is 4.78. The van der Waals surface area contributed by atoms with Crippen molar-refractivity contribution in [1.82, 2.24) is 10.2 Å². The van der Waals surface area contributed by atoms with Crippen LogP contribution in [0.1, 0.15) is 75.0 Å². The van der Waals surface area contributed by atoms with Crippen LogP contribution in [0, 0.1) is 0 Å². The molecule has 8 heteroatoms. The molecule has 0 radical (unpaired) electrons. The smallest absolute Gasteiger partial charge is 0.465 e. The van der Waals surface area contributed by atoms with Crippen molar-refractivity contribution in [3.8, 4) is 0 Å². The minimum absolute atomic E-state index is 0.0270. The maximum Gasteiger partial charge on any atom is 0.494 e. The van der Waals surface area contributed by atoms with Gasteiger partial charge in [-0.15, -0.1) is 0 Å². The summed E-state index contributed by atoms with van der Waals surface area (Å²) in [5, 5.41) is 3.15. The van der Waals surface area contributed by atoms with Gasteiger partial charge in [-0.3, -0.25) is 9.69 Å². The molecule has 4 rings (SSSR count). The summed E-state index contributed by atoms with van der Waals surface area (Å²) < 4.78 is 17.2. The van der Waals surface area contributed by atoms with E-state index in [-0.39, 0.29) is 35.2 Å². The molecule has 0 saturated carbocycles. The second-order valence-corrected chi connectivity index (χ2v) is 10.8. The maximum atomic E-state index is 13.2. The van der Waals surface area contributed by atoms with Gasteiger partial charge in [0.1, 0.15) is 0 Å². The van der Waals surface area contributed by atoms with E-state index < -0.39 is 7.12 Å². The van der Waals surface area contributed by atoms with Crippen LogP contribution in [0.5, 0.6) is 0 Å². The average Bonchev–Trinajstić information content (AvgIpc) is 3.39. The number of ether oxygens (including phenoxy) is 1. The molecular formula is C28H37BN2O5. The Morgan fingerprint density at radius 1 is 1.11 bits per heavy atom. The Hall–Kier alpha value is -2.68. The van der Waals surface area contributed by atoms with E-state index in [2.05, 4.69) is 50.0 Å². The third kappa shape index (κ3) is 5.51. The van der Waals surface area contributed by atoms with Crippen LogP contribution in [-0.2, 0) is 25.4 Å². The summed E-state index contributed by atoms with van der Waals surface area (Å²) in [4.78, 5) is 27.1. The molecule has 1 amide bonds. The van der Waals surface area contributed by atoms with Gasteiger partial charge >= 0.3 is 13.1 Å². The van der Waals surface area contributed by atoms with Gasteiger partial charge < -0.3 is 19.4 Å². The molecule has 2 aromatic carbocycles. The van der Waals surface area contributed by atoms with Gasteiger partial charge in [0.2, 0.25) is 5.91 Å². The van der Waals surface area contributed by atoms with Gasteiger partial charge in [-0.05, 0) is 82.7 Å². The lowest BCUT2D eigenvalue weighted by atomic mass is 9.78. The molecule has 2 aromatic rings. The Morgan fingerprint density at radius 2 is 1.78 bits per heavy atom. The summed E-state index contributed by atoms with van der Waals surface area (Å²) in [5.74, 6) is -0.346. The molecule has 1 N–H and O–H groups in total. The lowest BCUT2D eigenvalue weighted by Gasteiger charge is -2.32. The van der Waals surface area contributed by atoms with Crippen LogP contribution < -0.4 is 10.8 Å². The van der Waals surface area contributed by atoms with Crippen molar-refractivity contribution in [2.75, 3.05) is 13.7 Å². The van der Waals surface area contributed by atoms with E-state index in [1.165, 1.54) is 7.11 Å². The number of esters is 1. The molecule has 7 nitrogen and oxygen atoms in total. The van der Waals surface area contributed by atoms with Gasteiger partial charge in [0, 0.05) is 6.54 Å². The number of nitrogens with one attached hydrogen (secondary N) is 1. The third-order valence-electron chi connectivity index (χ3n) is 7.72. The molecule has 2 fully saturated rings. The molecule has 2 saturated heterocycles. The summed E-state index contributed by atoms with van der Waals surface area (Å²) in [6.07, 6.45) is 1.81. The number of amides is 1. The highest BCUT2D eigenvalue weighted by molar-refractivity contribution is 6.62. The first-order valence-corrected chi connectivity index (χ1v) is 12.7. The molecule has 0 aromatic heterocycles. The first-order valence-electron chi connectivity index (χ1n) is 12.7. The van der Waals surface area contributed by atoms with Crippen LogP contribution in [0.3, 0.4) is 0 Å². The molecule has 36 heavy (non-hydrogen) atoms. The second kappa shape index (κ2) is 10.4. The number of likely N-dealkylation sites (tertiary alicyclic amines) is 1. The minimum atomic E-state index is -0.404. The van der Waals surface area contributed by atoms with Crippen LogP contribution in [0.2, 0.25) is 0 Å². The van der Waals surface area contributed by atoms with Crippen molar-refractivity contribution in [2.45, 2.75) is 77.3 Å². The van der Waals surface area contributed by atoms with Crippen molar-refractivity contribution in [3.63, 3.8) is 0 Å². The molecule has 192 valence electrons. The van der Waals surface area contributed by atoms with E-state index in [0.29, 0.717) is 12.1 Å². The highest BCUT2D eigenvalue weighted by Crippen LogP contribution is 2.36. The Kier molecular flexibility index (Phi) is 7.60. The highest BCUT2D eigenvalue weighted by atomic mass is 16.7. The lowest BCUT2D eigenvalue weighted by Crippen LogP contribution is -2.43. The van der Waals surface area contributed by atoms with E-state index in [4.69, 9.17) is 14.0 Å². The zero-order valence-electron chi connectivity index (χ0n) is 22.2. The van der Waals surface area contributed by atoms with Crippen LogP contribution >= 0.6 is 0 Å². The molecule has 0 aliphatic carbocycles. The monoisotopic (exact) mass is 492 g/mol. The quantitative estimate of drug-likeness (QED) is 0.470. The second-order valence-electron chi connectivity index (χ2n) is 10.8. The topological polar surface area (TPSA) is 77.1 Å². The lowest BCUT2D eigenvalue weighted by molar-refractivity contribution is -0.126. The van der Waals surface area contributed by atoms with Gasteiger partial charge in [-0.1, -0.05) is 36.4 Å². The Bertz CT molecular complexity index is 1090. The predicted molar refractivity (Wildman–Crippen MR) is 140 cm³/mol. The van der Waals surface area contributed by atoms with Crippen molar-refractivity contribution in [2.24, 2.45) is 0 Å². The van der Waals surface area contributed by atoms with Crippen LogP contribution in [0.4, 0.5) is 0 Å². The fraction of sp³-hybridized carbons (Fsp3) is 0.500. The van der Waals surface area contributed by atoms with Gasteiger partial charge in [0.05, 0.1) is 36.0 Å². The van der Waals surface area contributed by atoms with Crippen LogP contribution in [-0.4, -0.2) is 54.8 Å². The van der Waals surface area contributed by atoms with Crippen molar-refractivity contribution in [1.29, 1.82) is 0 Å². The standard InChI is InChI=1S/C28H37BN2O5/c1-19(21-12-14-22(15-13-21)26(33)34-6)30-25(32)24-11-8-16-31(24)18-20-9-7-10-23(17-20)29-35-27(2,3)28(4,5)36-29/h7,9-10,12-15,17,19,24H,8,11,16,18H2,1-6H3,(H,30,32)/t19-,24+/m0/s1. The normalized spacial score (nSPS) is 21.8. The highest BCUT2D eigenvalue weighted by Gasteiger charge is 2.51. The summed E-state index contributed by atoms with van der Waals surface area (Å²) in [6, 6.07) is 15.1. The number of carbonyl (C=O) groups excluding carboxylic acids is 2. The van der Waals surface area contributed by atoms with E-state index >= 15 is 0 Å². The molecule has 0 bridgehead atoms. The van der Waals surface area contributed by atoms with Crippen molar-refractivity contribution in [3.05, 3.63) is 65.2 Å². The SMILES string of the molecule is COC(=O)c1ccc([C@H](C)NC(=O)[C@H]2CCCN2Cc2cccc(B3OC(C)(C)C(C)(C)O3)c2)cc1. The van der Waals surface area contributed by atoms with Gasteiger partial charge in [-0.2, -0.15) is 0 Å². The van der Waals surface area contributed by atoms with E-state index in [1.807, 2.05) is 31.2 Å². The first-order chi connectivity index (χ1) is 17.0. The number of methoxy groups -OCH3 is 1. The van der Waals surface area contributed by atoms with Gasteiger partial charge in [0.15, 0.2) is 0 Å². The van der Waals surface area contributed by atoms with E-state index in [1.54, 1.807) is 12.1 Å². The number of hydrogen-bond donors (Lipinski definition) is 1. The number of rotatable bonds is 7. The average molecular weight is 492 g/mol. The number of nitrogens with zero attached hydrogens (tertiary/aromatic N) is 1. The predicted octanol–water partition coefficient (Wildman–Crippen LogP) is 3.61. The maximum absolute atomic E-state index is 13.2. The van der Waals surface area contributed by atoms with E-state index in [0.717, 1.165) is 36.0 Å². The zero-order chi connectivity index (χ0) is 26.1. The molecule has 2 heterocycles. The molecule has 2 atom stereocenters. The van der Waals surface area contributed by atoms with Crippen molar-refractivity contribution < 1.29 is 23.6 Å². The summed E-state index contributed by atoms with van der Waals surface area (Å²) in [6.45, 7) is 11.7. The van der Waals surface area contributed by atoms with Crippen molar-refractivity contribution >= 4 is 24.5 Å². The Balaban J connectivity index is 1.39. The number of hydrogen-bond acceptors (Lipinski definition) is 6. The fourth-order valence-corrected chi connectivity index (χ4v) is 4.78. The molecule has 0 spiro atoms. The van der Waals surface area contributed by atoms with Crippen LogP contribution in [0.25, 0.3) is 0 Å². The van der Waals surface area contributed by atoms with E-state index in [9.17, 15) is 9.59 Å². The molecule has 0 unspecified atom stereocenters. The van der Waals surface area contributed by atoms with Gasteiger partial charge in [-0.25, -0.2) is 4.79 Å². The molecular weight excluding hydrogens is 455 g/mol.